The Morgan fingerprint density at radius 2 is 2.00 bits per heavy atom. The Labute approximate surface area is 216 Å². The number of aliphatic hydroxyl groups excluding tert-OH is 1. The lowest BCUT2D eigenvalue weighted by atomic mass is 9.99. The molecule has 1 aliphatic heterocycles. The van der Waals surface area contributed by atoms with Crippen LogP contribution >= 0.6 is 23.2 Å². The van der Waals surface area contributed by atoms with Gasteiger partial charge in [0, 0.05) is 13.1 Å². The highest BCUT2D eigenvalue weighted by Gasteiger charge is 2.24. The van der Waals surface area contributed by atoms with Crippen LogP contribution < -0.4 is 10.6 Å². The third-order valence-electron chi connectivity index (χ3n) is 6.33. The van der Waals surface area contributed by atoms with E-state index in [4.69, 9.17) is 33.2 Å². The van der Waals surface area contributed by atoms with Crippen molar-refractivity contribution in [2.24, 2.45) is 5.92 Å². The largest absolute Gasteiger partial charge is 0.392 e. The first kappa shape index (κ1) is 24.8. The highest BCUT2D eigenvalue weighted by Crippen LogP contribution is 2.38. The van der Waals surface area contributed by atoms with E-state index in [0.29, 0.717) is 62.1 Å². The molecule has 3 N–H and O–H groups in total. The third-order valence-corrected chi connectivity index (χ3v) is 7.07. The standard InChI is InChI=1S/C25H24Cl2F2N6O/c26-17-5-4-16(13-36)22(27)21(17)24-33-20-11-32-25(31-10-14-3-6-18(28)19(29)8-14)34-23(20)35(24)12-15-2-1-7-30-9-15/h3-6,8,11,15,30,36H,1-2,7,9-10,12-13H2,(H,31,32,34)/t15-/m1/s1. The predicted octanol–water partition coefficient (Wildman–Crippen LogP) is 5.18. The van der Waals surface area contributed by atoms with Gasteiger partial charge in [-0.15, -0.1) is 0 Å². The van der Waals surface area contributed by atoms with E-state index in [1.54, 1.807) is 18.3 Å². The van der Waals surface area contributed by atoms with Gasteiger partial charge in [0.2, 0.25) is 5.95 Å². The maximum Gasteiger partial charge on any atom is 0.225 e. The van der Waals surface area contributed by atoms with Gasteiger partial charge in [0.05, 0.1) is 28.4 Å². The fourth-order valence-corrected chi connectivity index (χ4v) is 5.06. The topological polar surface area (TPSA) is 87.9 Å². The molecule has 3 heterocycles. The molecule has 4 aromatic rings. The number of aliphatic hydroxyl groups is 1. The van der Waals surface area contributed by atoms with Gasteiger partial charge in [-0.1, -0.05) is 35.3 Å². The molecule has 7 nitrogen and oxygen atoms in total. The molecule has 0 spiro atoms. The van der Waals surface area contributed by atoms with Crippen molar-refractivity contribution in [1.82, 2.24) is 24.8 Å². The third kappa shape index (κ3) is 5.01. The summed E-state index contributed by atoms with van der Waals surface area (Å²) in [6.07, 6.45) is 3.73. The minimum Gasteiger partial charge on any atom is -0.392 e. The lowest BCUT2D eigenvalue weighted by Gasteiger charge is -2.24. The molecule has 2 aromatic heterocycles. The first-order valence-electron chi connectivity index (χ1n) is 11.6. The molecule has 0 unspecified atom stereocenters. The van der Waals surface area contributed by atoms with E-state index in [-0.39, 0.29) is 13.2 Å². The summed E-state index contributed by atoms with van der Waals surface area (Å²) in [6, 6.07) is 7.11. The number of imidazole rings is 1. The number of aromatic nitrogens is 4. The minimum absolute atomic E-state index is 0.215. The van der Waals surface area contributed by atoms with Crippen LogP contribution in [0.3, 0.4) is 0 Å². The van der Waals surface area contributed by atoms with Crippen LogP contribution in [0, 0.1) is 17.6 Å². The van der Waals surface area contributed by atoms with Gasteiger partial charge >= 0.3 is 0 Å². The fraction of sp³-hybridized carbons (Fsp3) is 0.320. The van der Waals surface area contributed by atoms with E-state index in [9.17, 15) is 13.9 Å². The van der Waals surface area contributed by atoms with E-state index in [1.807, 2.05) is 4.57 Å². The second-order valence-electron chi connectivity index (χ2n) is 8.82. The predicted molar refractivity (Wildman–Crippen MR) is 136 cm³/mol. The van der Waals surface area contributed by atoms with Crippen LogP contribution in [-0.4, -0.2) is 37.7 Å². The molecule has 1 atom stereocenters. The molecular weight excluding hydrogens is 509 g/mol. The van der Waals surface area contributed by atoms with Gasteiger partial charge in [-0.25, -0.2) is 18.7 Å². The quantitative estimate of drug-likeness (QED) is 0.304. The van der Waals surface area contributed by atoms with Crippen LogP contribution in [-0.2, 0) is 19.7 Å². The molecule has 0 bridgehead atoms. The highest BCUT2D eigenvalue weighted by molar-refractivity contribution is 6.39. The lowest BCUT2D eigenvalue weighted by Crippen LogP contribution is -2.32. The van der Waals surface area contributed by atoms with Crippen molar-refractivity contribution in [3.8, 4) is 11.4 Å². The number of nitrogens with one attached hydrogen (secondary N) is 2. The summed E-state index contributed by atoms with van der Waals surface area (Å²) in [6.45, 7) is 2.47. The molecule has 1 saturated heterocycles. The van der Waals surface area contributed by atoms with Crippen molar-refractivity contribution in [2.75, 3.05) is 18.4 Å². The van der Waals surface area contributed by atoms with Crippen LogP contribution in [0.5, 0.6) is 0 Å². The Balaban J connectivity index is 1.55. The Bertz CT molecular complexity index is 1410. The smallest absolute Gasteiger partial charge is 0.225 e. The van der Waals surface area contributed by atoms with Crippen molar-refractivity contribution in [3.05, 3.63) is 69.3 Å². The number of rotatable bonds is 7. The average Bonchev–Trinajstić information content (AvgIpc) is 3.22. The Morgan fingerprint density at radius 3 is 2.75 bits per heavy atom. The highest BCUT2D eigenvalue weighted by atomic mass is 35.5. The van der Waals surface area contributed by atoms with Crippen molar-refractivity contribution in [2.45, 2.75) is 32.5 Å². The Morgan fingerprint density at radius 1 is 1.14 bits per heavy atom. The number of anilines is 1. The summed E-state index contributed by atoms with van der Waals surface area (Å²) in [5, 5.41) is 17.0. The van der Waals surface area contributed by atoms with E-state index < -0.39 is 11.6 Å². The zero-order valence-electron chi connectivity index (χ0n) is 19.2. The second-order valence-corrected chi connectivity index (χ2v) is 9.60. The van der Waals surface area contributed by atoms with Crippen molar-refractivity contribution >= 4 is 40.3 Å². The minimum atomic E-state index is -0.909. The summed E-state index contributed by atoms with van der Waals surface area (Å²) in [4.78, 5) is 13.8. The molecule has 0 amide bonds. The molecule has 0 radical (unpaired) electrons. The number of hydrogen-bond donors (Lipinski definition) is 3. The van der Waals surface area contributed by atoms with Crippen LogP contribution in [0.1, 0.15) is 24.0 Å². The summed E-state index contributed by atoms with van der Waals surface area (Å²) in [5.41, 5.74) is 2.80. The maximum absolute atomic E-state index is 13.6. The summed E-state index contributed by atoms with van der Waals surface area (Å²) in [7, 11) is 0. The summed E-state index contributed by atoms with van der Waals surface area (Å²) in [5.74, 6) is -0.584. The normalized spacial score (nSPS) is 16.0. The van der Waals surface area contributed by atoms with E-state index in [0.717, 1.165) is 38.1 Å². The average molecular weight is 533 g/mol. The van der Waals surface area contributed by atoms with Gasteiger partial charge in [-0.3, -0.25) is 0 Å². The first-order valence-corrected chi connectivity index (χ1v) is 12.4. The molecule has 36 heavy (non-hydrogen) atoms. The Hall–Kier alpha value is -2.85. The second kappa shape index (κ2) is 10.6. The number of nitrogens with zero attached hydrogens (tertiary/aromatic N) is 4. The van der Waals surface area contributed by atoms with Gasteiger partial charge in [-0.2, -0.15) is 4.98 Å². The summed E-state index contributed by atoms with van der Waals surface area (Å²) >= 11 is 13.2. The molecule has 1 aliphatic rings. The van der Waals surface area contributed by atoms with Gasteiger partial charge in [0.15, 0.2) is 17.3 Å². The SMILES string of the molecule is OCc1ccc(Cl)c(-c2nc3cnc(NCc4ccc(F)c(F)c4)nc3n2C[C@@H]2CCCNC2)c1Cl. The number of hydrogen-bond acceptors (Lipinski definition) is 6. The zero-order valence-corrected chi connectivity index (χ0v) is 20.8. The monoisotopic (exact) mass is 532 g/mol. The lowest BCUT2D eigenvalue weighted by molar-refractivity contribution is 0.282. The number of benzene rings is 2. The van der Waals surface area contributed by atoms with Gasteiger partial charge in [0.25, 0.3) is 0 Å². The molecule has 5 rings (SSSR count). The van der Waals surface area contributed by atoms with Crippen molar-refractivity contribution in [3.63, 3.8) is 0 Å². The van der Waals surface area contributed by atoms with Gasteiger partial charge in [0.1, 0.15) is 11.3 Å². The zero-order chi connectivity index (χ0) is 25.2. The molecular formula is C25H24Cl2F2N6O. The van der Waals surface area contributed by atoms with E-state index in [1.165, 1.54) is 6.07 Å². The van der Waals surface area contributed by atoms with Crippen molar-refractivity contribution < 1.29 is 13.9 Å². The van der Waals surface area contributed by atoms with Gasteiger partial charge in [-0.05, 0) is 61.2 Å². The number of fused-ring (bicyclic) bond motifs is 1. The maximum atomic E-state index is 13.6. The number of halogens is 4. The molecule has 188 valence electrons. The molecule has 1 fully saturated rings. The molecule has 0 saturated carbocycles. The van der Waals surface area contributed by atoms with Crippen LogP contribution in [0.15, 0.2) is 36.5 Å². The summed E-state index contributed by atoms with van der Waals surface area (Å²) < 4.78 is 28.8. The number of piperidine rings is 1. The van der Waals surface area contributed by atoms with Gasteiger partial charge < -0.3 is 20.3 Å². The Kier molecular flexibility index (Phi) is 7.34. The fourth-order valence-electron chi connectivity index (χ4n) is 4.46. The molecule has 2 aromatic carbocycles. The molecule has 0 aliphatic carbocycles. The molecule has 11 heteroatoms. The van der Waals surface area contributed by atoms with Crippen LogP contribution in [0.25, 0.3) is 22.6 Å². The van der Waals surface area contributed by atoms with E-state index in [2.05, 4.69) is 15.6 Å². The first-order chi connectivity index (χ1) is 17.4. The van der Waals surface area contributed by atoms with Crippen LogP contribution in [0.2, 0.25) is 10.0 Å². The van der Waals surface area contributed by atoms with E-state index >= 15 is 0 Å². The van der Waals surface area contributed by atoms with Crippen molar-refractivity contribution in [1.29, 1.82) is 0 Å². The van der Waals surface area contributed by atoms with Crippen LogP contribution in [0.4, 0.5) is 14.7 Å².